The van der Waals surface area contributed by atoms with Gasteiger partial charge in [-0.15, -0.1) is 0 Å². The molecular weight excluding hydrogens is 284 g/mol. The molecule has 2 rings (SSSR count). The number of hydrogen-bond acceptors (Lipinski definition) is 4. The van der Waals surface area contributed by atoms with E-state index in [4.69, 9.17) is 4.42 Å². The van der Waals surface area contributed by atoms with E-state index in [0.717, 1.165) is 0 Å². The van der Waals surface area contributed by atoms with Gasteiger partial charge in [-0.25, -0.2) is 4.98 Å². The highest BCUT2D eigenvalue weighted by atomic mass is 16.3. The second kappa shape index (κ2) is 8.02. The SMILES string of the molecule is C[C@H](Cn1ccnc1)NC(=O)CCCNC(=O)c1ccco1. The van der Waals surface area contributed by atoms with Crippen molar-refractivity contribution >= 4 is 11.8 Å². The van der Waals surface area contributed by atoms with Crippen LogP contribution in [0.15, 0.2) is 41.5 Å². The minimum atomic E-state index is -0.265. The minimum absolute atomic E-state index is 0.0272. The lowest BCUT2D eigenvalue weighted by atomic mass is 10.2. The van der Waals surface area contributed by atoms with Crippen molar-refractivity contribution in [1.29, 1.82) is 0 Å². The highest BCUT2D eigenvalue weighted by Gasteiger charge is 2.09. The maximum Gasteiger partial charge on any atom is 0.286 e. The number of hydrogen-bond donors (Lipinski definition) is 2. The number of aromatic nitrogens is 2. The van der Waals surface area contributed by atoms with Gasteiger partial charge in [-0.2, -0.15) is 0 Å². The fourth-order valence-electron chi connectivity index (χ4n) is 2.05. The first kappa shape index (κ1) is 15.8. The number of nitrogens with zero attached hydrogens (tertiary/aromatic N) is 2. The molecule has 0 spiro atoms. The molecule has 0 bridgehead atoms. The molecule has 0 unspecified atom stereocenters. The van der Waals surface area contributed by atoms with Crippen molar-refractivity contribution in [3.8, 4) is 0 Å². The van der Waals surface area contributed by atoms with E-state index in [2.05, 4.69) is 15.6 Å². The quantitative estimate of drug-likeness (QED) is 0.717. The first-order valence-corrected chi connectivity index (χ1v) is 7.22. The second-order valence-electron chi connectivity index (χ2n) is 5.06. The molecule has 2 N–H and O–H groups in total. The van der Waals surface area contributed by atoms with Crippen LogP contribution in [-0.4, -0.2) is 34.0 Å². The van der Waals surface area contributed by atoms with E-state index < -0.39 is 0 Å². The van der Waals surface area contributed by atoms with Crippen LogP contribution >= 0.6 is 0 Å². The lowest BCUT2D eigenvalue weighted by molar-refractivity contribution is -0.121. The Kier molecular flexibility index (Phi) is 5.76. The Balaban J connectivity index is 1.58. The van der Waals surface area contributed by atoms with Crippen molar-refractivity contribution in [2.75, 3.05) is 6.54 Å². The highest BCUT2D eigenvalue weighted by Crippen LogP contribution is 1.99. The average molecular weight is 304 g/mol. The van der Waals surface area contributed by atoms with E-state index in [9.17, 15) is 9.59 Å². The normalized spacial score (nSPS) is 11.9. The van der Waals surface area contributed by atoms with Gasteiger partial charge in [0.15, 0.2) is 5.76 Å². The van der Waals surface area contributed by atoms with Gasteiger partial charge in [-0.1, -0.05) is 0 Å². The molecule has 118 valence electrons. The van der Waals surface area contributed by atoms with Gasteiger partial charge in [0.1, 0.15) is 0 Å². The number of nitrogens with one attached hydrogen (secondary N) is 2. The molecule has 2 aromatic rings. The minimum Gasteiger partial charge on any atom is -0.459 e. The first-order valence-electron chi connectivity index (χ1n) is 7.22. The van der Waals surface area contributed by atoms with Gasteiger partial charge in [-0.3, -0.25) is 9.59 Å². The van der Waals surface area contributed by atoms with Crippen LogP contribution in [0, 0.1) is 0 Å². The Morgan fingerprint density at radius 2 is 2.32 bits per heavy atom. The van der Waals surface area contributed by atoms with E-state index in [0.29, 0.717) is 25.9 Å². The number of carbonyl (C=O) groups excluding carboxylic acids is 2. The van der Waals surface area contributed by atoms with Crippen molar-refractivity contribution in [2.24, 2.45) is 0 Å². The summed E-state index contributed by atoms with van der Waals surface area (Å²) in [6.45, 7) is 3.06. The Morgan fingerprint density at radius 3 is 3.00 bits per heavy atom. The molecule has 7 nitrogen and oxygen atoms in total. The van der Waals surface area contributed by atoms with Gasteiger partial charge in [-0.05, 0) is 25.5 Å². The molecule has 22 heavy (non-hydrogen) atoms. The third-order valence-electron chi connectivity index (χ3n) is 3.06. The van der Waals surface area contributed by atoms with Crippen LogP contribution in [0.4, 0.5) is 0 Å². The Hall–Kier alpha value is -2.57. The Bertz CT molecular complexity index is 578. The summed E-state index contributed by atoms with van der Waals surface area (Å²) < 4.78 is 6.89. The highest BCUT2D eigenvalue weighted by molar-refractivity contribution is 5.91. The molecule has 0 saturated heterocycles. The molecule has 1 atom stereocenters. The summed E-state index contributed by atoms with van der Waals surface area (Å²) >= 11 is 0. The van der Waals surface area contributed by atoms with Crippen LogP contribution in [0.25, 0.3) is 0 Å². The molecule has 0 aliphatic carbocycles. The summed E-state index contributed by atoms with van der Waals surface area (Å²) in [5.74, 6) is -0.0165. The average Bonchev–Trinajstić information content (AvgIpc) is 3.15. The summed E-state index contributed by atoms with van der Waals surface area (Å²) in [6.07, 6.45) is 7.67. The topological polar surface area (TPSA) is 89.2 Å². The molecule has 0 aromatic carbocycles. The molecule has 0 radical (unpaired) electrons. The van der Waals surface area contributed by atoms with Crippen molar-refractivity contribution in [1.82, 2.24) is 20.2 Å². The molecule has 2 heterocycles. The maximum atomic E-state index is 11.8. The molecule has 0 aliphatic heterocycles. The lowest BCUT2D eigenvalue weighted by Gasteiger charge is -2.14. The summed E-state index contributed by atoms with van der Waals surface area (Å²) in [7, 11) is 0. The number of imidazole rings is 1. The largest absolute Gasteiger partial charge is 0.459 e. The number of amides is 2. The van der Waals surface area contributed by atoms with E-state index >= 15 is 0 Å². The third kappa shape index (κ3) is 5.08. The predicted molar refractivity (Wildman–Crippen MR) is 80.1 cm³/mol. The van der Waals surface area contributed by atoms with Crippen LogP contribution in [0.2, 0.25) is 0 Å². The van der Waals surface area contributed by atoms with Crippen LogP contribution in [0.5, 0.6) is 0 Å². The maximum absolute atomic E-state index is 11.8. The molecular formula is C15H20N4O3. The van der Waals surface area contributed by atoms with Gasteiger partial charge < -0.3 is 19.6 Å². The zero-order valence-electron chi connectivity index (χ0n) is 12.5. The number of rotatable bonds is 8. The number of carbonyl (C=O) groups is 2. The van der Waals surface area contributed by atoms with Crippen LogP contribution in [0.3, 0.4) is 0 Å². The summed E-state index contributed by atoms with van der Waals surface area (Å²) in [6, 6.07) is 3.28. The molecule has 0 fully saturated rings. The standard InChI is InChI=1S/C15H20N4O3/c1-12(10-19-8-7-16-11-19)18-14(20)5-2-6-17-15(21)13-4-3-9-22-13/h3-4,7-9,11-12H,2,5-6,10H2,1H3,(H,17,21)(H,18,20)/t12-/m1/s1. The summed E-state index contributed by atoms with van der Waals surface area (Å²) in [5, 5.41) is 5.62. The molecule has 0 aliphatic rings. The monoisotopic (exact) mass is 304 g/mol. The van der Waals surface area contributed by atoms with Gasteiger partial charge in [0, 0.05) is 37.9 Å². The van der Waals surface area contributed by atoms with Crippen molar-refractivity contribution in [3.63, 3.8) is 0 Å². The molecule has 7 heteroatoms. The fourth-order valence-corrected chi connectivity index (χ4v) is 2.05. The molecule has 0 saturated carbocycles. The van der Waals surface area contributed by atoms with Gasteiger partial charge in [0.25, 0.3) is 5.91 Å². The van der Waals surface area contributed by atoms with Crippen molar-refractivity contribution < 1.29 is 14.0 Å². The first-order chi connectivity index (χ1) is 10.6. The van der Waals surface area contributed by atoms with Crippen LogP contribution in [0.1, 0.15) is 30.3 Å². The van der Waals surface area contributed by atoms with E-state index in [1.807, 2.05) is 17.7 Å². The van der Waals surface area contributed by atoms with Crippen LogP contribution < -0.4 is 10.6 Å². The van der Waals surface area contributed by atoms with E-state index in [-0.39, 0.29) is 23.6 Å². The van der Waals surface area contributed by atoms with Crippen LogP contribution in [-0.2, 0) is 11.3 Å². The number of furan rings is 1. The van der Waals surface area contributed by atoms with E-state index in [1.54, 1.807) is 24.7 Å². The lowest BCUT2D eigenvalue weighted by Crippen LogP contribution is -2.35. The van der Waals surface area contributed by atoms with E-state index in [1.165, 1.54) is 6.26 Å². The molecule has 2 amide bonds. The third-order valence-corrected chi connectivity index (χ3v) is 3.06. The second-order valence-corrected chi connectivity index (χ2v) is 5.06. The fraction of sp³-hybridized carbons (Fsp3) is 0.400. The van der Waals surface area contributed by atoms with Crippen molar-refractivity contribution in [3.05, 3.63) is 42.9 Å². The molecule has 2 aromatic heterocycles. The zero-order chi connectivity index (χ0) is 15.8. The zero-order valence-corrected chi connectivity index (χ0v) is 12.5. The predicted octanol–water partition coefficient (Wildman–Crippen LogP) is 1.19. The van der Waals surface area contributed by atoms with Gasteiger partial charge in [0.05, 0.1) is 12.6 Å². The van der Waals surface area contributed by atoms with Crippen molar-refractivity contribution in [2.45, 2.75) is 32.4 Å². The smallest absolute Gasteiger partial charge is 0.286 e. The summed E-state index contributed by atoms with van der Waals surface area (Å²) in [4.78, 5) is 27.3. The summed E-state index contributed by atoms with van der Waals surface area (Å²) in [5.41, 5.74) is 0. The van der Waals surface area contributed by atoms with Gasteiger partial charge >= 0.3 is 0 Å². The Labute approximate surface area is 128 Å². The Morgan fingerprint density at radius 1 is 1.45 bits per heavy atom. The van der Waals surface area contributed by atoms with Gasteiger partial charge in [0.2, 0.25) is 5.91 Å².